The van der Waals surface area contributed by atoms with E-state index in [0.29, 0.717) is 5.56 Å². The van der Waals surface area contributed by atoms with E-state index in [1.165, 1.54) is 24.3 Å². The molecule has 220 valence electrons. The van der Waals surface area contributed by atoms with Crippen LogP contribution < -0.4 is 10.6 Å². The van der Waals surface area contributed by atoms with Crippen molar-refractivity contribution in [2.24, 2.45) is 0 Å². The van der Waals surface area contributed by atoms with Crippen LogP contribution in [0.4, 0.5) is 10.5 Å². The number of hydrogen-bond acceptors (Lipinski definition) is 8. The van der Waals surface area contributed by atoms with Crippen LogP contribution in [0.2, 0.25) is 0 Å². The first-order chi connectivity index (χ1) is 20.2. The van der Waals surface area contributed by atoms with Crippen molar-refractivity contribution in [2.75, 3.05) is 6.61 Å². The van der Waals surface area contributed by atoms with Gasteiger partial charge >= 0.3 is 18.0 Å². The number of carboxylic acid groups (broad SMARTS) is 1. The molecule has 12 heteroatoms. The number of carboxylic acids is 1. The maximum absolute atomic E-state index is 13.5. The van der Waals surface area contributed by atoms with Crippen LogP contribution >= 0.6 is 0 Å². The lowest BCUT2D eigenvalue weighted by molar-refractivity contribution is -0.384. The number of nitrogens with one attached hydrogen (secondary N) is 2. The van der Waals surface area contributed by atoms with E-state index in [4.69, 9.17) is 9.47 Å². The number of carbonyl (C=O) groups is 4. The Hall–Kier alpha value is -5.26. The molecule has 3 N–H and O–H groups in total. The third-order valence-corrected chi connectivity index (χ3v) is 6.29. The van der Waals surface area contributed by atoms with Crippen molar-refractivity contribution in [3.8, 4) is 0 Å². The first kappa shape index (κ1) is 31.3. The molecule has 2 amide bonds. The molecule has 3 aromatic rings. The second kappa shape index (κ2) is 15.5. The third kappa shape index (κ3) is 9.44. The monoisotopic (exact) mass is 577 g/mol. The summed E-state index contributed by atoms with van der Waals surface area (Å²) in [5.74, 6) is -4.15. The lowest BCUT2D eigenvalue weighted by Gasteiger charge is -2.27. The molecule has 0 aromatic heterocycles. The molecule has 42 heavy (non-hydrogen) atoms. The number of hydrogen-bond donors (Lipinski definition) is 3. The highest BCUT2D eigenvalue weighted by atomic mass is 16.6. The molecular weight excluding hydrogens is 546 g/mol. The summed E-state index contributed by atoms with van der Waals surface area (Å²) >= 11 is 0. The van der Waals surface area contributed by atoms with Gasteiger partial charge in [0, 0.05) is 24.5 Å². The van der Waals surface area contributed by atoms with Crippen molar-refractivity contribution in [1.29, 1.82) is 0 Å². The van der Waals surface area contributed by atoms with E-state index in [-0.39, 0.29) is 30.9 Å². The van der Waals surface area contributed by atoms with Gasteiger partial charge in [0.1, 0.15) is 18.7 Å². The number of non-ortho nitro benzene ring substituents is 1. The normalized spacial score (nSPS) is 12.7. The minimum Gasteiger partial charge on any atom is -0.480 e. The molecule has 0 aliphatic carbocycles. The zero-order chi connectivity index (χ0) is 30.5. The fourth-order valence-corrected chi connectivity index (χ4v) is 4.23. The summed E-state index contributed by atoms with van der Waals surface area (Å²) in [6.07, 6.45) is -1.31. The Morgan fingerprint density at radius 3 is 2.00 bits per heavy atom. The quantitative estimate of drug-likeness (QED) is 0.146. The third-order valence-electron chi connectivity index (χ3n) is 6.29. The van der Waals surface area contributed by atoms with Gasteiger partial charge < -0.3 is 25.2 Å². The Morgan fingerprint density at radius 2 is 1.45 bits per heavy atom. The fraction of sp³-hybridized carbons (Fsp3) is 0.267. The number of nitro groups is 1. The van der Waals surface area contributed by atoms with Crippen molar-refractivity contribution in [1.82, 2.24) is 10.6 Å². The largest absolute Gasteiger partial charge is 0.480 e. The standard InChI is InChI=1S/C30H31N3O9/c1-2-41-26(34)18-24(22-13-15-23(16-14-22)33(39)40)27(29(36)37)32-28(35)25(17-20-9-5-3-6-10-20)31-30(38)42-19-21-11-7-4-8-12-21/h3-16,24-25,27H,2,17-19H2,1H3,(H,31,38)(H,32,35)(H,36,37)/t24-,25+,27+/m0/s1. The van der Waals surface area contributed by atoms with Crippen LogP contribution in [0.25, 0.3) is 0 Å². The molecule has 0 spiro atoms. The summed E-state index contributed by atoms with van der Waals surface area (Å²) in [6, 6.07) is 19.8. The Bertz CT molecular complexity index is 1370. The summed E-state index contributed by atoms with van der Waals surface area (Å²) in [7, 11) is 0. The summed E-state index contributed by atoms with van der Waals surface area (Å²) in [5.41, 5.74) is 1.45. The fourth-order valence-electron chi connectivity index (χ4n) is 4.23. The maximum Gasteiger partial charge on any atom is 0.408 e. The molecule has 0 saturated heterocycles. The molecule has 0 radical (unpaired) electrons. The summed E-state index contributed by atoms with van der Waals surface area (Å²) in [6.45, 7) is 1.59. The zero-order valence-electron chi connectivity index (χ0n) is 22.8. The van der Waals surface area contributed by atoms with Crippen molar-refractivity contribution in [3.63, 3.8) is 0 Å². The number of amides is 2. The molecule has 3 atom stereocenters. The molecular formula is C30H31N3O9. The van der Waals surface area contributed by atoms with Crippen LogP contribution in [0.5, 0.6) is 0 Å². The second-order valence-electron chi connectivity index (χ2n) is 9.24. The van der Waals surface area contributed by atoms with Crippen LogP contribution in [0.15, 0.2) is 84.9 Å². The van der Waals surface area contributed by atoms with Crippen LogP contribution in [0, 0.1) is 10.1 Å². The van der Waals surface area contributed by atoms with Crippen molar-refractivity contribution < 1.29 is 38.7 Å². The van der Waals surface area contributed by atoms with Crippen molar-refractivity contribution in [3.05, 3.63) is 112 Å². The molecule has 3 aromatic carbocycles. The summed E-state index contributed by atoms with van der Waals surface area (Å²) in [5, 5.41) is 26.2. The predicted octanol–water partition coefficient (Wildman–Crippen LogP) is 3.74. The van der Waals surface area contributed by atoms with E-state index < -0.39 is 53.3 Å². The van der Waals surface area contributed by atoms with Crippen LogP contribution in [0.3, 0.4) is 0 Å². The van der Waals surface area contributed by atoms with E-state index >= 15 is 0 Å². The van der Waals surface area contributed by atoms with Crippen LogP contribution in [-0.4, -0.2) is 52.7 Å². The van der Waals surface area contributed by atoms with E-state index in [0.717, 1.165) is 5.56 Å². The molecule has 0 saturated carbocycles. The topological polar surface area (TPSA) is 174 Å². The summed E-state index contributed by atoms with van der Waals surface area (Å²) < 4.78 is 10.3. The Balaban J connectivity index is 1.85. The Kier molecular flexibility index (Phi) is 11.5. The van der Waals surface area contributed by atoms with Crippen molar-refractivity contribution >= 4 is 29.6 Å². The van der Waals surface area contributed by atoms with Gasteiger partial charge in [0.2, 0.25) is 5.91 Å². The molecule has 0 bridgehead atoms. The second-order valence-corrected chi connectivity index (χ2v) is 9.24. The minimum atomic E-state index is -1.65. The van der Waals surface area contributed by atoms with Crippen molar-refractivity contribution in [2.45, 2.75) is 44.4 Å². The minimum absolute atomic E-state index is 0.0134. The SMILES string of the molecule is CCOC(=O)C[C@@H](c1ccc([N+](=O)[O-])cc1)[C@@H](NC(=O)[C@@H](Cc1ccccc1)NC(=O)OCc1ccccc1)C(=O)O. The van der Waals surface area contributed by atoms with Gasteiger partial charge in [-0.1, -0.05) is 72.8 Å². The summed E-state index contributed by atoms with van der Waals surface area (Å²) in [4.78, 5) is 61.5. The smallest absolute Gasteiger partial charge is 0.408 e. The van der Waals surface area contributed by atoms with E-state index in [1.54, 1.807) is 61.5 Å². The van der Waals surface area contributed by atoms with E-state index in [2.05, 4.69) is 10.6 Å². The highest BCUT2D eigenvalue weighted by Crippen LogP contribution is 2.27. The maximum atomic E-state index is 13.5. The van der Waals surface area contributed by atoms with Gasteiger partial charge in [-0.3, -0.25) is 19.7 Å². The number of ether oxygens (including phenoxy) is 2. The van der Waals surface area contributed by atoms with Gasteiger partial charge in [0.25, 0.3) is 5.69 Å². The highest BCUT2D eigenvalue weighted by Gasteiger charge is 2.35. The molecule has 0 fully saturated rings. The first-order valence-corrected chi connectivity index (χ1v) is 13.1. The predicted molar refractivity (Wildman–Crippen MR) is 150 cm³/mol. The average Bonchev–Trinajstić information content (AvgIpc) is 2.98. The number of benzene rings is 3. The number of esters is 1. The highest BCUT2D eigenvalue weighted by molar-refractivity contribution is 5.90. The molecule has 0 aliphatic heterocycles. The number of rotatable bonds is 14. The Morgan fingerprint density at radius 1 is 0.857 bits per heavy atom. The molecule has 0 heterocycles. The molecule has 3 rings (SSSR count). The number of alkyl carbamates (subject to hydrolysis) is 1. The van der Waals surface area contributed by atoms with Crippen LogP contribution in [0.1, 0.15) is 36.0 Å². The van der Waals surface area contributed by atoms with Gasteiger partial charge in [-0.25, -0.2) is 9.59 Å². The number of nitro benzene ring substituents is 1. The number of carbonyl (C=O) groups excluding carboxylic acids is 3. The van der Waals surface area contributed by atoms with Gasteiger partial charge in [-0.05, 0) is 23.6 Å². The van der Waals surface area contributed by atoms with E-state index in [1.807, 2.05) is 6.07 Å². The van der Waals surface area contributed by atoms with Gasteiger partial charge in [0.05, 0.1) is 18.0 Å². The zero-order valence-corrected chi connectivity index (χ0v) is 22.8. The molecule has 0 unspecified atom stereocenters. The Labute approximate surface area is 241 Å². The van der Waals surface area contributed by atoms with Crippen LogP contribution in [-0.2, 0) is 36.9 Å². The number of nitrogens with zero attached hydrogens (tertiary/aromatic N) is 1. The van der Waals surface area contributed by atoms with E-state index in [9.17, 15) is 34.4 Å². The van der Waals surface area contributed by atoms with Gasteiger partial charge in [0.15, 0.2) is 0 Å². The van der Waals surface area contributed by atoms with Gasteiger partial charge in [-0.15, -0.1) is 0 Å². The first-order valence-electron chi connectivity index (χ1n) is 13.1. The number of aliphatic carboxylic acids is 1. The lowest BCUT2D eigenvalue weighted by atomic mass is 9.88. The lowest BCUT2D eigenvalue weighted by Crippen LogP contribution is -2.54. The van der Waals surface area contributed by atoms with Gasteiger partial charge in [-0.2, -0.15) is 0 Å². The average molecular weight is 578 g/mol. The molecule has 0 aliphatic rings. The molecule has 12 nitrogen and oxygen atoms in total.